The lowest BCUT2D eigenvalue weighted by atomic mass is 10.2. The number of alkyl halides is 6. The number of hydrogen-bond donors (Lipinski definition) is 0. The lowest BCUT2D eigenvalue weighted by molar-refractivity contribution is -0.143. The summed E-state index contributed by atoms with van der Waals surface area (Å²) in [5.41, 5.74) is -2.60. The first-order valence-corrected chi connectivity index (χ1v) is 7.59. The minimum absolute atomic E-state index is 0.278. The molecule has 3 aromatic rings. The first-order valence-electron chi connectivity index (χ1n) is 7.59. The molecule has 29 heavy (non-hydrogen) atoms. The van der Waals surface area contributed by atoms with Crippen molar-refractivity contribution >= 4 is 0 Å². The summed E-state index contributed by atoms with van der Waals surface area (Å²) in [5.74, 6) is -2.85. The summed E-state index contributed by atoms with van der Waals surface area (Å²) in [4.78, 5) is 7.32. The molecule has 0 saturated heterocycles. The highest BCUT2D eigenvalue weighted by Gasteiger charge is 2.36. The molecule has 2 heterocycles. The summed E-state index contributed by atoms with van der Waals surface area (Å²) in [6.45, 7) is 0. The van der Waals surface area contributed by atoms with E-state index in [-0.39, 0.29) is 17.5 Å². The van der Waals surface area contributed by atoms with Gasteiger partial charge >= 0.3 is 12.4 Å². The van der Waals surface area contributed by atoms with Gasteiger partial charge in [-0.05, 0) is 18.2 Å². The Kier molecular flexibility index (Phi) is 5.07. The monoisotopic (exact) mass is 422 g/mol. The van der Waals surface area contributed by atoms with Crippen LogP contribution in [0.5, 0.6) is 23.4 Å². The second-order valence-corrected chi connectivity index (χ2v) is 5.53. The summed E-state index contributed by atoms with van der Waals surface area (Å²) in [6, 6.07) is 3.61. The molecule has 154 valence electrons. The third-order valence-electron chi connectivity index (χ3n) is 3.44. The van der Waals surface area contributed by atoms with Gasteiger partial charge in [-0.1, -0.05) is 0 Å². The Morgan fingerprint density at radius 2 is 1.48 bits per heavy atom. The Labute approximate surface area is 157 Å². The van der Waals surface area contributed by atoms with E-state index in [1.165, 1.54) is 0 Å². The van der Waals surface area contributed by atoms with Gasteiger partial charge in [-0.15, -0.1) is 5.10 Å². The first kappa shape index (κ1) is 20.4. The maximum Gasteiger partial charge on any atom is 0.433 e. The number of hydrogen-bond acceptors (Lipinski definition) is 5. The minimum Gasteiger partial charge on any atom is -0.439 e. The molecule has 0 fully saturated rings. The molecule has 0 radical (unpaired) electrons. The molecular formula is C16H9F7N4O2. The van der Waals surface area contributed by atoms with E-state index in [2.05, 4.69) is 15.1 Å². The maximum atomic E-state index is 13.3. The van der Waals surface area contributed by atoms with Crippen LogP contribution in [-0.4, -0.2) is 19.7 Å². The van der Waals surface area contributed by atoms with Crippen LogP contribution in [0, 0.1) is 5.82 Å². The fourth-order valence-electron chi connectivity index (χ4n) is 2.20. The average molecular weight is 422 g/mol. The van der Waals surface area contributed by atoms with Gasteiger partial charge in [0.25, 0.3) is 0 Å². The lowest BCUT2D eigenvalue weighted by Gasteiger charge is -2.10. The Hall–Kier alpha value is -3.38. The van der Waals surface area contributed by atoms with Crippen molar-refractivity contribution in [2.24, 2.45) is 7.05 Å². The molecule has 6 nitrogen and oxygen atoms in total. The van der Waals surface area contributed by atoms with E-state index in [1.807, 2.05) is 0 Å². The number of nitrogens with zero attached hydrogens (tertiary/aromatic N) is 4. The molecule has 0 unspecified atom stereocenters. The maximum absolute atomic E-state index is 13.3. The zero-order valence-electron chi connectivity index (χ0n) is 14.2. The van der Waals surface area contributed by atoms with Crippen molar-refractivity contribution in [2.75, 3.05) is 0 Å². The summed E-state index contributed by atoms with van der Waals surface area (Å²) >= 11 is 0. The average Bonchev–Trinajstić information content (AvgIpc) is 2.96. The highest BCUT2D eigenvalue weighted by molar-refractivity contribution is 5.35. The smallest absolute Gasteiger partial charge is 0.433 e. The predicted octanol–water partition coefficient (Wildman–Crippen LogP) is 4.97. The Bertz CT molecular complexity index is 1030. The molecule has 0 aliphatic heterocycles. The van der Waals surface area contributed by atoms with E-state index in [1.54, 1.807) is 0 Å². The number of halogens is 7. The molecule has 0 saturated carbocycles. The van der Waals surface area contributed by atoms with Crippen molar-refractivity contribution < 1.29 is 40.2 Å². The van der Waals surface area contributed by atoms with Gasteiger partial charge in [0.2, 0.25) is 17.6 Å². The second kappa shape index (κ2) is 7.22. The lowest BCUT2D eigenvalue weighted by Crippen LogP contribution is -2.11. The molecular weight excluding hydrogens is 413 g/mol. The van der Waals surface area contributed by atoms with Crippen LogP contribution >= 0.6 is 0 Å². The number of ether oxygens (including phenoxy) is 2. The van der Waals surface area contributed by atoms with Crippen LogP contribution in [0.2, 0.25) is 0 Å². The number of aryl methyl sites for hydroxylation is 1. The minimum atomic E-state index is -4.93. The topological polar surface area (TPSA) is 62.1 Å². The van der Waals surface area contributed by atoms with Gasteiger partial charge in [0.05, 0.1) is 11.6 Å². The van der Waals surface area contributed by atoms with Crippen molar-refractivity contribution in [3.8, 4) is 23.4 Å². The zero-order chi connectivity index (χ0) is 21.4. The van der Waals surface area contributed by atoms with Crippen LogP contribution in [0.25, 0.3) is 0 Å². The number of aromatic nitrogens is 4. The fourth-order valence-corrected chi connectivity index (χ4v) is 2.20. The first-order chi connectivity index (χ1) is 13.4. The number of rotatable bonds is 4. The standard InChI is InChI=1S/C16H9F7N4O2/c1-27-11(16(21,22)23)5-14(26-27)29-13-6-12(24-7-25-13)28-8-2-3-10(17)9(4-8)15(18,19)20/h2-7H,1H3. The zero-order valence-corrected chi connectivity index (χ0v) is 14.2. The fraction of sp³-hybridized carbons (Fsp3) is 0.188. The Morgan fingerprint density at radius 3 is 2.07 bits per heavy atom. The highest BCUT2D eigenvalue weighted by Crippen LogP contribution is 2.35. The second-order valence-electron chi connectivity index (χ2n) is 5.53. The van der Waals surface area contributed by atoms with Crippen LogP contribution in [-0.2, 0) is 19.4 Å². The summed E-state index contributed by atoms with van der Waals surface area (Å²) in [7, 11) is 1.07. The summed E-state index contributed by atoms with van der Waals surface area (Å²) < 4.78 is 101. The third-order valence-corrected chi connectivity index (χ3v) is 3.44. The van der Waals surface area contributed by atoms with Crippen molar-refractivity contribution in [1.29, 1.82) is 0 Å². The van der Waals surface area contributed by atoms with E-state index < -0.39 is 35.3 Å². The van der Waals surface area contributed by atoms with Crippen molar-refractivity contribution in [3.63, 3.8) is 0 Å². The van der Waals surface area contributed by atoms with Gasteiger partial charge in [-0.25, -0.2) is 14.4 Å². The highest BCUT2D eigenvalue weighted by atomic mass is 19.4. The summed E-state index contributed by atoms with van der Waals surface area (Å²) in [5, 5.41) is 3.54. The Morgan fingerprint density at radius 1 is 0.828 bits per heavy atom. The quantitative estimate of drug-likeness (QED) is 0.556. The molecule has 0 bridgehead atoms. The molecule has 0 aliphatic carbocycles. The molecule has 3 rings (SSSR count). The normalized spacial score (nSPS) is 12.1. The van der Waals surface area contributed by atoms with Crippen LogP contribution in [0.1, 0.15) is 11.3 Å². The van der Waals surface area contributed by atoms with E-state index in [0.717, 1.165) is 25.5 Å². The van der Waals surface area contributed by atoms with Gasteiger partial charge < -0.3 is 9.47 Å². The van der Waals surface area contributed by atoms with Crippen molar-refractivity contribution in [1.82, 2.24) is 19.7 Å². The van der Waals surface area contributed by atoms with Gasteiger partial charge in [0.15, 0.2) is 0 Å². The molecule has 1 aromatic carbocycles. The molecule has 2 aromatic heterocycles. The van der Waals surface area contributed by atoms with Crippen molar-refractivity contribution in [2.45, 2.75) is 12.4 Å². The van der Waals surface area contributed by atoms with E-state index in [4.69, 9.17) is 9.47 Å². The third kappa shape index (κ3) is 4.73. The van der Waals surface area contributed by atoms with Gasteiger partial charge in [-0.2, -0.15) is 26.3 Å². The van der Waals surface area contributed by atoms with Crippen LogP contribution < -0.4 is 9.47 Å². The largest absolute Gasteiger partial charge is 0.439 e. The molecule has 0 spiro atoms. The Balaban J connectivity index is 1.81. The molecule has 0 aliphatic rings. The van der Waals surface area contributed by atoms with Crippen LogP contribution in [0.15, 0.2) is 36.7 Å². The molecule has 0 amide bonds. The van der Waals surface area contributed by atoms with E-state index in [9.17, 15) is 30.7 Å². The van der Waals surface area contributed by atoms with Gasteiger partial charge in [0, 0.05) is 13.1 Å². The van der Waals surface area contributed by atoms with Crippen LogP contribution in [0.3, 0.4) is 0 Å². The van der Waals surface area contributed by atoms with Crippen LogP contribution in [0.4, 0.5) is 30.7 Å². The van der Waals surface area contributed by atoms with E-state index in [0.29, 0.717) is 22.9 Å². The van der Waals surface area contributed by atoms with Gasteiger partial charge in [-0.3, -0.25) is 4.68 Å². The van der Waals surface area contributed by atoms with E-state index >= 15 is 0 Å². The number of benzene rings is 1. The summed E-state index contributed by atoms with van der Waals surface area (Å²) in [6.07, 6.45) is -8.67. The van der Waals surface area contributed by atoms with Gasteiger partial charge in [0.1, 0.15) is 23.6 Å². The molecule has 0 N–H and O–H groups in total. The molecule has 0 atom stereocenters. The SMILES string of the molecule is Cn1nc(Oc2cc(Oc3ccc(F)c(C(F)(F)F)c3)ncn2)cc1C(F)(F)F. The molecule has 13 heteroatoms. The van der Waals surface area contributed by atoms with Crippen molar-refractivity contribution in [3.05, 3.63) is 53.7 Å². The predicted molar refractivity (Wildman–Crippen MR) is 81.8 cm³/mol.